The predicted octanol–water partition coefficient (Wildman–Crippen LogP) is 6.61. The van der Waals surface area contributed by atoms with Gasteiger partial charge in [-0.3, -0.25) is 9.69 Å². The normalized spacial score (nSPS) is 15.1. The van der Waals surface area contributed by atoms with Gasteiger partial charge in [-0.25, -0.2) is 4.79 Å². The fraction of sp³-hybridized carbons (Fsp3) is 0.926. The van der Waals surface area contributed by atoms with E-state index in [0.717, 1.165) is 44.9 Å². The molecule has 6 heteroatoms. The van der Waals surface area contributed by atoms with Gasteiger partial charge < -0.3 is 14.8 Å². The lowest BCUT2D eigenvalue weighted by molar-refractivity contribution is -0.143. The van der Waals surface area contributed by atoms with Gasteiger partial charge in [0.25, 0.3) is 0 Å². The maximum Gasteiger partial charge on any atom is 0.407 e. The molecule has 0 saturated carbocycles. The molecule has 1 aliphatic rings. The minimum absolute atomic E-state index is 0.0503. The third kappa shape index (κ3) is 17.8. The van der Waals surface area contributed by atoms with Crippen molar-refractivity contribution in [1.29, 1.82) is 0 Å². The highest BCUT2D eigenvalue weighted by atomic mass is 16.6. The number of amides is 1. The zero-order valence-electron chi connectivity index (χ0n) is 21.9. The molecule has 1 heterocycles. The van der Waals surface area contributed by atoms with Crippen molar-refractivity contribution in [2.45, 2.75) is 136 Å². The molecule has 1 saturated heterocycles. The number of carbonyl (C=O) groups is 2. The van der Waals surface area contributed by atoms with Gasteiger partial charge in [-0.05, 0) is 52.4 Å². The molecule has 1 N–H and O–H groups in total. The summed E-state index contributed by atoms with van der Waals surface area (Å²) in [5, 5.41) is 2.96. The van der Waals surface area contributed by atoms with Crippen molar-refractivity contribution in [2.24, 2.45) is 0 Å². The fourth-order valence-electron chi connectivity index (χ4n) is 4.25. The first-order valence-electron chi connectivity index (χ1n) is 13.9. The van der Waals surface area contributed by atoms with Crippen molar-refractivity contribution in [1.82, 2.24) is 10.2 Å². The Morgan fingerprint density at radius 2 is 1.39 bits per heavy atom. The number of alkyl carbamates (subject to hydrolysis) is 1. The highest BCUT2D eigenvalue weighted by molar-refractivity contribution is 5.69. The lowest BCUT2D eigenvalue weighted by Crippen LogP contribution is -2.32. The Labute approximate surface area is 203 Å². The van der Waals surface area contributed by atoms with Crippen LogP contribution in [0.3, 0.4) is 0 Å². The SMILES string of the molecule is CCCCCCC(CCCCCCCCCCC(=O)OCC)OC(=O)NCCC(C)N1CC1. The number of hydrogen-bond acceptors (Lipinski definition) is 5. The second-order valence-corrected chi connectivity index (χ2v) is 9.65. The monoisotopic (exact) mass is 468 g/mol. The summed E-state index contributed by atoms with van der Waals surface area (Å²) in [6.07, 6.45) is 17.4. The number of nitrogens with one attached hydrogen (secondary N) is 1. The van der Waals surface area contributed by atoms with Crippen molar-refractivity contribution < 1.29 is 19.1 Å². The number of ether oxygens (including phenoxy) is 2. The Morgan fingerprint density at radius 1 is 0.818 bits per heavy atom. The lowest BCUT2D eigenvalue weighted by Gasteiger charge is -2.19. The molecule has 0 radical (unpaired) electrons. The highest BCUT2D eigenvalue weighted by Crippen LogP contribution is 2.17. The molecule has 1 rings (SSSR count). The van der Waals surface area contributed by atoms with E-state index in [4.69, 9.17) is 9.47 Å². The summed E-state index contributed by atoms with van der Waals surface area (Å²) in [6.45, 7) is 9.86. The molecule has 2 atom stereocenters. The van der Waals surface area contributed by atoms with Crippen molar-refractivity contribution in [3.8, 4) is 0 Å². The summed E-state index contributed by atoms with van der Waals surface area (Å²) in [7, 11) is 0. The number of carbonyl (C=O) groups excluding carboxylic acids is 2. The van der Waals surface area contributed by atoms with Crippen LogP contribution in [0.25, 0.3) is 0 Å². The molecule has 1 amide bonds. The zero-order valence-corrected chi connectivity index (χ0v) is 21.9. The Hall–Kier alpha value is -1.30. The van der Waals surface area contributed by atoms with Gasteiger partial charge in [-0.15, -0.1) is 0 Å². The van der Waals surface area contributed by atoms with E-state index in [0.29, 0.717) is 25.6 Å². The van der Waals surface area contributed by atoms with Crippen molar-refractivity contribution >= 4 is 12.1 Å². The molecule has 0 spiro atoms. The van der Waals surface area contributed by atoms with E-state index < -0.39 is 0 Å². The number of nitrogens with zero attached hydrogens (tertiary/aromatic N) is 1. The van der Waals surface area contributed by atoms with Crippen LogP contribution in [0.2, 0.25) is 0 Å². The van der Waals surface area contributed by atoms with E-state index in [1.54, 1.807) is 0 Å². The van der Waals surface area contributed by atoms with Gasteiger partial charge in [0.1, 0.15) is 6.10 Å². The smallest absolute Gasteiger partial charge is 0.407 e. The van der Waals surface area contributed by atoms with Crippen LogP contribution >= 0.6 is 0 Å². The van der Waals surface area contributed by atoms with Gasteiger partial charge in [0.2, 0.25) is 0 Å². The number of unbranched alkanes of at least 4 members (excludes halogenated alkanes) is 10. The van der Waals surface area contributed by atoms with Gasteiger partial charge >= 0.3 is 12.1 Å². The maximum atomic E-state index is 12.3. The average Bonchev–Trinajstić information content (AvgIpc) is 3.63. The molecule has 0 bridgehead atoms. The number of hydrogen-bond donors (Lipinski definition) is 1. The first-order valence-corrected chi connectivity index (χ1v) is 13.9. The molecule has 194 valence electrons. The molecule has 0 aromatic rings. The van der Waals surface area contributed by atoms with Gasteiger partial charge in [0.15, 0.2) is 0 Å². The predicted molar refractivity (Wildman–Crippen MR) is 135 cm³/mol. The van der Waals surface area contributed by atoms with Crippen molar-refractivity contribution in [3.63, 3.8) is 0 Å². The summed E-state index contributed by atoms with van der Waals surface area (Å²) in [5.74, 6) is -0.0662. The third-order valence-electron chi connectivity index (χ3n) is 6.55. The quantitative estimate of drug-likeness (QED) is 0.110. The maximum absolute atomic E-state index is 12.3. The van der Waals surface area contributed by atoms with E-state index in [9.17, 15) is 9.59 Å². The van der Waals surface area contributed by atoms with E-state index in [1.807, 2.05) is 6.92 Å². The van der Waals surface area contributed by atoms with Crippen LogP contribution in [0.4, 0.5) is 4.79 Å². The number of rotatable bonds is 22. The van der Waals surface area contributed by atoms with E-state index >= 15 is 0 Å². The van der Waals surface area contributed by atoms with Gasteiger partial charge in [0.05, 0.1) is 6.61 Å². The van der Waals surface area contributed by atoms with Crippen LogP contribution < -0.4 is 5.32 Å². The Morgan fingerprint density at radius 3 is 1.97 bits per heavy atom. The highest BCUT2D eigenvalue weighted by Gasteiger charge is 2.23. The fourth-order valence-corrected chi connectivity index (χ4v) is 4.25. The molecule has 0 aromatic heterocycles. The summed E-state index contributed by atoms with van der Waals surface area (Å²) in [4.78, 5) is 26.0. The van der Waals surface area contributed by atoms with Crippen LogP contribution in [-0.2, 0) is 14.3 Å². The zero-order chi connectivity index (χ0) is 24.2. The molecule has 1 fully saturated rings. The van der Waals surface area contributed by atoms with E-state index in [2.05, 4.69) is 24.1 Å². The minimum atomic E-state index is -0.240. The van der Waals surface area contributed by atoms with Crippen molar-refractivity contribution in [2.75, 3.05) is 26.2 Å². The van der Waals surface area contributed by atoms with E-state index in [-0.39, 0.29) is 18.2 Å². The van der Waals surface area contributed by atoms with Gasteiger partial charge in [-0.1, -0.05) is 64.7 Å². The molecule has 0 aliphatic carbocycles. The van der Waals surface area contributed by atoms with Crippen LogP contribution in [0.15, 0.2) is 0 Å². The molecule has 0 aromatic carbocycles. The minimum Gasteiger partial charge on any atom is -0.466 e. The second kappa shape index (κ2) is 20.1. The van der Waals surface area contributed by atoms with Gasteiger partial charge in [0, 0.05) is 32.1 Å². The summed E-state index contributed by atoms with van der Waals surface area (Å²) in [6, 6.07) is 0.549. The largest absolute Gasteiger partial charge is 0.466 e. The topological polar surface area (TPSA) is 67.6 Å². The van der Waals surface area contributed by atoms with Crippen LogP contribution in [0, 0.1) is 0 Å². The molecule has 33 heavy (non-hydrogen) atoms. The van der Waals surface area contributed by atoms with Crippen LogP contribution in [-0.4, -0.2) is 55.3 Å². The van der Waals surface area contributed by atoms with Gasteiger partial charge in [-0.2, -0.15) is 0 Å². The summed E-state index contributed by atoms with van der Waals surface area (Å²) < 4.78 is 10.8. The standard InChI is InChI=1S/C27H52N2O4/c1-4-6-7-14-17-25(33-27(31)28-21-20-24(3)29-22-23-29)18-15-12-10-8-9-11-13-16-19-26(30)32-5-2/h24-25H,4-23H2,1-3H3,(H,28,31). The Bertz CT molecular complexity index is 497. The summed E-state index contributed by atoms with van der Waals surface area (Å²) >= 11 is 0. The van der Waals surface area contributed by atoms with E-state index in [1.165, 1.54) is 64.5 Å². The summed E-state index contributed by atoms with van der Waals surface area (Å²) in [5.41, 5.74) is 0. The molecular formula is C27H52N2O4. The first-order chi connectivity index (χ1) is 16.1. The second-order valence-electron chi connectivity index (χ2n) is 9.65. The van der Waals surface area contributed by atoms with Crippen LogP contribution in [0.1, 0.15) is 124 Å². The lowest BCUT2D eigenvalue weighted by atomic mass is 10.0. The molecular weight excluding hydrogens is 416 g/mol. The average molecular weight is 469 g/mol. The third-order valence-corrected chi connectivity index (χ3v) is 6.55. The molecule has 1 aliphatic heterocycles. The van der Waals surface area contributed by atoms with Crippen LogP contribution in [0.5, 0.6) is 0 Å². The Balaban J connectivity index is 2.09. The molecule has 6 nitrogen and oxygen atoms in total. The number of esters is 1. The van der Waals surface area contributed by atoms with Crippen molar-refractivity contribution in [3.05, 3.63) is 0 Å². The first kappa shape index (κ1) is 29.7. The Kier molecular flexibility index (Phi) is 18.1. The molecule has 2 unspecified atom stereocenters.